The maximum Gasteiger partial charge on any atom is 0.292 e. The number of hydrogen-bond donors (Lipinski definition) is 1. The lowest BCUT2D eigenvalue weighted by atomic mass is 10.2. The van der Waals surface area contributed by atoms with Gasteiger partial charge in [-0.1, -0.05) is 31.4 Å². The van der Waals surface area contributed by atoms with Crippen LogP contribution < -0.4 is 9.80 Å². The third kappa shape index (κ3) is 2.70. The van der Waals surface area contributed by atoms with E-state index in [1.54, 1.807) is 24.3 Å². The minimum absolute atomic E-state index is 0.139. The average molecular weight is 271 g/mol. The van der Waals surface area contributed by atoms with Crippen LogP contribution in [0.2, 0.25) is 0 Å². The summed E-state index contributed by atoms with van der Waals surface area (Å²) in [5.41, 5.74) is 0.640. The first-order valence-corrected chi connectivity index (χ1v) is 6.67. The second kappa shape index (κ2) is 6.30. The van der Waals surface area contributed by atoms with Crippen molar-refractivity contribution in [3.8, 4) is 0 Å². The molecule has 2 rings (SSSR count). The number of carbonyl (C=O) groups excluding carboxylic acids is 2. The van der Waals surface area contributed by atoms with E-state index < -0.39 is 0 Å². The van der Waals surface area contributed by atoms with E-state index in [2.05, 4.69) is 13.2 Å². The van der Waals surface area contributed by atoms with E-state index in [-0.39, 0.29) is 24.3 Å². The van der Waals surface area contributed by atoms with Crippen molar-refractivity contribution in [3.05, 3.63) is 55.6 Å². The molecule has 4 nitrogen and oxygen atoms in total. The Balaban J connectivity index is 2.23. The standard InChI is InChI=1S/C16H18N2O2/c1-3-10-17(11-4-2)14-12-15(19)18(16(14)20)13-8-6-5-7-9-13/h3-9,14H,1-2,10-12H2/p+1/t14-/m1/s1. The lowest BCUT2D eigenvalue weighted by Crippen LogP contribution is -3.16. The molecule has 1 fully saturated rings. The van der Waals surface area contributed by atoms with Gasteiger partial charge < -0.3 is 4.90 Å². The monoisotopic (exact) mass is 271 g/mol. The van der Waals surface area contributed by atoms with Crippen molar-refractivity contribution in [1.29, 1.82) is 0 Å². The summed E-state index contributed by atoms with van der Waals surface area (Å²) in [5, 5.41) is 0. The highest BCUT2D eigenvalue weighted by atomic mass is 16.2. The Bertz CT molecular complexity index is 515. The summed E-state index contributed by atoms with van der Waals surface area (Å²) in [6.07, 6.45) is 3.77. The summed E-state index contributed by atoms with van der Waals surface area (Å²) >= 11 is 0. The highest BCUT2D eigenvalue weighted by molar-refractivity contribution is 6.21. The fourth-order valence-corrected chi connectivity index (χ4v) is 2.54. The Labute approximate surface area is 119 Å². The number of carbonyl (C=O) groups is 2. The van der Waals surface area contributed by atoms with Crippen LogP contribution in [0, 0.1) is 0 Å². The van der Waals surface area contributed by atoms with Gasteiger partial charge in [-0.25, -0.2) is 4.90 Å². The van der Waals surface area contributed by atoms with Gasteiger partial charge >= 0.3 is 0 Å². The largest absolute Gasteiger partial charge is 0.318 e. The molecule has 0 bridgehead atoms. The highest BCUT2D eigenvalue weighted by Gasteiger charge is 2.45. The second-order valence-corrected chi connectivity index (χ2v) is 4.80. The molecule has 1 aliphatic rings. The van der Waals surface area contributed by atoms with Crippen LogP contribution in [0.25, 0.3) is 0 Å². The van der Waals surface area contributed by atoms with Gasteiger partial charge in [0.15, 0.2) is 6.04 Å². The SMILES string of the molecule is C=CC[NH+](CC=C)[C@@H]1CC(=O)N(c2ccccc2)C1=O. The summed E-state index contributed by atoms with van der Waals surface area (Å²) in [6.45, 7) is 8.70. The van der Waals surface area contributed by atoms with Crippen LogP contribution in [0.4, 0.5) is 5.69 Å². The van der Waals surface area contributed by atoms with E-state index >= 15 is 0 Å². The molecule has 0 radical (unpaired) electrons. The van der Waals surface area contributed by atoms with Crippen LogP contribution in [0.15, 0.2) is 55.6 Å². The van der Waals surface area contributed by atoms with Crippen LogP contribution in [0.5, 0.6) is 0 Å². The van der Waals surface area contributed by atoms with Crippen LogP contribution in [-0.2, 0) is 9.59 Å². The van der Waals surface area contributed by atoms with Crippen molar-refractivity contribution in [2.75, 3.05) is 18.0 Å². The first-order valence-electron chi connectivity index (χ1n) is 6.67. The smallest absolute Gasteiger partial charge is 0.292 e. The molecule has 1 aliphatic heterocycles. The minimum Gasteiger partial charge on any atom is -0.318 e. The van der Waals surface area contributed by atoms with Crippen LogP contribution in [0.3, 0.4) is 0 Å². The number of amides is 2. The van der Waals surface area contributed by atoms with Crippen molar-refractivity contribution >= 4 is 17.5 Å². The first kappa shape index (κ1) is 14.2. The second-order valence-electron chi connectivity index (χ2n) is 4.80. The number of imide groups is 1. The molecule has 0 saturated carbocycles. The van der Waals surface area contributed by atoms with Gasteiger partial charge in [0, 0.05) is 0 Å². The molecule has 20 heavy (non-hydrogen) atoms. The van der Waals surface area contributed by atoms with E-state index in [4.69, 9.17) is 0 Å². The van der Waals surface area contributed by atoms with Crippen LogP contribution in [-0.4, -0.2) is 30.9 Å². The maximum absolute atomic E-state index is 12.5. The topological polar surface area (TPSA) is 41.8 Å². The predicted octanol–water partition coefficient (Wildman–Crippen LogP) is 0.575. The molecule has 1 atom stereocenters. The van der Waals surface area contributed by atoms with Gasteiger partial charge in [-0.2, -0.15) is 0 Å². The molecule has 0 aliphatic carbocycles. The molecule has 0 unspecified atom stereocenters. The average Bonchev–Trinajstić information content (AvgIpc) is 2.75. The summed E-state index contributed by atoms with van der Waals surface area (Å²) in [4.78, 5) is 27.0. The molecule has 1 heterocycles. The van der Waals surface area contributed by atoms with E-state index in [0.717, 1.165) is 4.90 Å². The minimum atomic E-state index is -0.348. The van der Waals surface area contributed by atoms with Gasteiger partial charge in [-0.05, 0) is 24.3 Å². The lowest BCUT2D eigenvalue weighted by molar-refractivity contribution is -0.903. The van der Waals surface area contributed by atoms with Gasteiger partial charge in [-0.15, -0.1) is 0 Å². The Morgan fingerprint density at radius 1 is 1.15 bits per heavy atom. The van der Waals surface area contributed by atoms with Crippen molar-refractivity contribution < 1.29 is 14.5 Å². The van der Waals surface area contributed by atoms with E-state index in [1.807, 2.05) is 18.2 Å². The zero-order valence-corrected chi connectivity index (χ0v) is 11.4. The van der Waals surface area contributed by atoms with Gasteiger partial charge in [0.2, 0.25) is 5.91 Å². The number of anilines is 1. The molecule has 1 aromatic carbocycles. The number of rotatable bonds is 6. The molecule has 1 aromatic rings. The van der Waals surface area contributed by atoms with Gasteiger partial charge in [0.25, 0.3) is 5.91 Å². The number of quaternary nitrogens is 1. The summed E-state index contributed by atoms with van der Waals surface area (Å²) in [6, 6.07) is 8.71. The molecule has 0 spiro atoms. The van der Waals surface area contributed by atoms with Crippen molar-refractivity contribution in [3.63, 3.8) is 0 Å². The third-order valence-corrected chi connectivity index (χ3v) is 3.47. The molecule has 1 saturated heterocycles. The summed E-state index contributed by atoms with van der Waals surface area (Å²) in [5.74, 6) is -0.281. The Kier molecular flexibility index (Phi) is 4.48. The van der Waals surface area contributed by atoms with Crippen molar-refractivity contribution in [1.82, 2.24) is 0 Å². The molecular weight excluding hydrogens is 252 g/mol. The fraction of sp³-hybridized carbons (Fsp3) is 0.250. The third-order valence-electron chi connectivity index (χ3n) is 3.47. The summed E-state index contributed by atoms with van der Waals surface area (Å²) < 4.78 is 0. The van der Waals surface area contributed by atoms with Gasteiger partial charge in [-0.3, -0.25) is 9.59 Å². The zero-order valence-electron chi connectivity index (χ0n) is 11.4. The number of benzene rings is 1. The summed E-state index contributed by atoms with van der Waals surface area (Å²) in [7, 11) is 0. The zero-order chi connectivity index (χ0) is 14.5. The molecular formula is C16H19N2O2+. The molecule has 4 heteroatoms. The Morgan fingerprint density at radius 3 is 2.30 bits per heavy atom. The fourth-order valence-electron chi connectivity index (χ4n) is 2.54. The molecule has 104 valence electrons. The number of nitrogens with one attached hydrogen (secondary N) is 1. The Hall–Kier alpha value is -2.20. The van der Waals surface area contributed by atoms with Crippen LogP contribution >= 0.6 is 0 Å². The molecule has 1 N–H and O–H groups in total. The van der Waals surface area contributed by atoms with Gasteiger partial charge in [0.05, 0.1) is 25.2 Å². The first-order chi connectivity index (χ1) is 9.69. The predicted molar refractivity (Wildman–Crippen MR) is 78.4 cm³/mol. The molecule has 2 amide bonds. The van der Waals surface area contributed by atoms with E-state index in [9.17, 15) is 9.59 Å². The van der Waals surface area contributed by atoms with Crippen molar-refractivity contribution in [2.45, 2.75) is 12.5 Å². The number of para-hydroxylation sites is 1. The highest BCUT2D eigenvalue weighted by Crippen LogP contribution is 2.21. The number of nitrogens with zero attached hydrogens (tertiary/aromatic N) is 1. The van der Waals surface area contributed by atoms with E-state index in [1.165, 1.54) is 4.90 Å². The number of hydrogen-bond acceptors (Lipinski definition) is 2. The van der Waals surface area contributed by atoms with E-state index in [0.29, 0.717) is 18.8 Å². The van der Waals surface area contributed by atoms with Crippen molar-refractivity contribution in [2.24, 2.45) is 0 Å². The lowest BCUT2D eigenvalue weighted by Gasteiger charge is -2.21. The Morgan fingerprint density at radius 2 is 1.75 bits per heavy atom. The quantitative estimate of drug-likeness (QED) is 0.607. The maximum atomic E-state index is 12.5. The molecule has 0 aromatic heterocycles. The van der Waals surface area contributed by atoms with Crippen LogP contribution in [0.1, 0.15) is 6.42 Å². The normalized spacial score (nSPS) is 18.6. The van der Waals surface area contributed by atoms with Gasteiger partial charge in [0.1, 0.15) is 0 Å².